The molecular formula is C11H7F3N2O2S. The molecule has 0 N–H and O–H groups in total. The van der Waals surface area contributed by atoms with Crippen molar-refractivity contribution in [3.63, 3.8) is 0 Å². The molecule has 0 fully saturated rings. The molecule has 0 saturated carbocycles. The van der Waals surface area contributed by atoms with Crippen LogP contribution >= 0.6 is 11.3 Å². The largest absolute Gasteiger partial charge is 0.434 e. The predicted molar refractivity (Wildman–Crippen MR) is 63.0 cm³/mol. The second-order valence-corrected chi connectivity index (χ2v) is 4.67. The predicted octanol–water partition coefficient (Wildman–Crippen LogP) is 3.66. The third-order valence-electron chi connectivity index (χ3n) is 2.34. The first-order valence-electron chi connectivity index (χ1n) is 5.11. The number of nitro benzene ring substituents is 1. The fraction of sp³-hybridized carbons (Fsp3) is 0.182. The first-order valence-corrected chi connectivity index (χ1v) is 5.99. The molecule has 0 bridgehead atoms. The van der Waals surface area contributed by atoms with E-state index in [4.69, 9.17) is 0 Å². The normalized spacial score (nSPS) is 11.5. The van der Waals surface area contributed by atoms with Gasteiger partial charge in [0.05, 0.1) is 9.93 Å². The third kappa shape index (κ3) is 3.28. The number of non-ortho nitro benzene ring substituents is 1. The molecule has 0 aliphatic carbocycles. The van der Waals surface area contributed by atoms with Crippen molar-refractivity contribution in [3.05, 3.63) is 56.0 Å². The van der Waals surface area contributed by atoms with Gasteiger partial charge < -0.3 is 0 Å². The van der Waals surface area contributed by atoms with E-state index in [0.717, 1.165) is 16.7 Å². The first-order chi connectivity index (χ1) is 8.86. The fourth-order valence-corrected chi connectivity index (χ4v) is 2.27. The van der Waals surface area contributed by atoms with Gasteiger partial charge in [0.2, 0.25) is 0 Å². The molecule has 100 valence electrons. The van der Waals surface area contributed by atoms with E-state index in [2.05, 4.69) is 4.98 Å². The van der Waals surface area contributed by atoms with Crippen LogP contribution in [0.4, 0.5) is 18.9 Å². The van der Waals surface area contributed by atoms with Crippen molar-refractivity contribution >= 4 is 17.0 Å². The van der Waals surface area contributed by atoms with Gasteiger partial charge in [-0.1, -0.05) is 12.1 Å². The molecule has 0 atom stereocenters. The number of alkyl halides is 3. The molecule has 0 spiro atoms. The van der Waals surface area contributed by atoms with E-state index >= 15 is 0 Å². The molecule has 0 amide bonds. The molecule has 8 heteroatoms. The standard InChI is InChI=1S/C11H7F3N2O2S/c12-11(13,14)9-6-19-10(15-9)5-7-1-3-8(4-2-7)16(17)18/h1-4,6H,5H2. The Morgan fingerprint density at radius 2 is 1.89 bits per heavy atom. The minimum absolute atomic E-state index is 0.0566. The van der Waals surface area contributed by atoms with Crippen LogP contribution < -0.4 is 0 Å². The number of halogens is 3. The average Bonchev–Trinajstić information content (AvgIpc) is 2.78. The average molecular weight is 288 g/mol. The van der Waals surface area contributed by atoms with Gasteiger partial charge in [0.25, 0.3) is 5.69 Å². The Labute approximate surface area is 109 Å². The summed E-state index contributed by atoms with van der Waals surface area (Å²) >= 11 is 0.917. The second-order valence-electron chi connectivity index (χ2n) is 3.72. The van der Waals surface area contributed by atoms with Crippen LogP contribution in [0.3, 0.4) is 0 Å². The van der Waals surface area contributed by atoms with Gasteiger partial charge in [-0.3, -0.25) is 10.1 Å². The Kier molecular flexibility index (Phi) is 3.52. The zero-order valence-corrected chi connectivity index (χ0v) is 10.2. The highest BCUT2D eigenvalue weighted by Crippen LogP contribution is 2.30. The number of benzene rings is 1. The molecule has 2 aromatic rings. The van der Waals surface area contributed by atoms with Crippen molar-refractivity contribution in [1.29, 1.82) is 0 Å². The quantitative estimate of drug-likeness (QED) is 0.639. The summed E-state index contributed by atoms with van der Waals surface area (Å²) in [4.78, 5) is 13.4. The van der Waals surface area contributed by atoms with Gasteiger partial charge in [-0.15, -0.1) is 11.3 Å². The minimum Gasteiger partial charge on any atom is -0.258 e. The van der Waals surface area contributed by atoms with Crippen LogP contribution in [0, 0.1) is 10.1 Å². The highest BCUT2D eigenvalue weighted by atomic mass is 32.1. The summed E-state index contributed by atoms with van der Waals surface area (Å²) < 4.78 is 37.1. The Bertz CT molecular complexity index is 593. The number of hydrogen-bond acceptors (Lipinski definition) is 4. The first kappa shape index (κ1) is 13.5. The van der Waals surface area contributed by atoms with Crippen molar-refractivity contribution in [2.75, 3.05) is 0 Å². The lowest BCUT2D eigenvalue weighted by Gasteiger charge is -2.00. The summed E-state index contributed by atoms with van der Waals surface area (Å²) in [6, 6.07) is 5.64. The fourth-order valence-electron chi connectivity index (χ4n) is 1.43. The topological polar surface area (TPSA) is 56.0 Å². The molecule has 0 aliphatic heterocycles. The van der Waals surface area contributed by atoms with E-state index in [9.17, 15) is 23.3 Å². The van der Waals surface area contributed by atoms with Crippen LogP contribution in [0.15, 0.2) is 29.6 Å². The van der Waals surface area contributed by atoms with Crippen LogP contribution in [0.1, 0.15) is 16.3 Å². The van der Waals surface area contributed by atoms with E-state index in [-0.39, 0.29) is 12.1 Å². The summed E-state index contributed by atoms with van der Waals surface area (Å²) in [7, 11) is 0. The Hall–Kier alpha value is -1.96. The van der Waals surface area contributed by atoms with Crippen molar-refractivity contribution in [1.82, 2.24) is 4.98 Å². The van der Waals surface area contributed by atoms with Gasteiger partial charge in [-0.05, 0) is 5.56 Å². The Morgan fingerprint density at radius 1 is 1.26 bits per heavy atom. The Balaban J connectivity index is 2.13. The number of nitro groups is 1. The van der Waals surface area contributed by atoms with Gasteiger partial charge in [-0.2, -0.15) is 13.2 Å². The van der Waals surface area contributed by atoms with Crippen molar-refractivity contribution in [3.8, 4) is 0 Å². The second kappa shape index (κ2) is 4.96. The van der Waals surface area contributed by atoms with Gasteiger partial charge in [0.1, 0.15) is 0 Å². The molecule has 0 unspecified atom stereocenters. The molecule has 2 rings (SSSR count). The summed E-state index contributed by atoms with van der Waals surface area (Å²) in [6.07, 6.45) is -4.22. The minimum atomic E-state index is -4.44. The lowest BCUT2D eigenvalue weighted by atomic mass is 10.1. The number of aromatic nitrogens is 1. The third-order valence-corrected chi connectivity index (χ3v) is 3.19. The maximum atomic E-state index is 12.4. The number of nitrogens with zero attached hydrogens (tertiary/aromatic N) is 2. The Morgan fingerprint density at radius 3 is 2.37 bits per heavy atom. The smallest absolute Gasteiger partial charge is 0.258 e. The lowest BCUT2D eigenvalue weighted by Crippen LogP contribution is -2.05. The van der Waals surface area contributed by atoms with E-state index in [1.165, 1.54) is 24.3 Å². The van der Waals surface area contributed by atoms with Crippen molar-refractivity contribution < 1.29 is 18.1 Å². The molecule has 1 heterocycles. The maximum Gasteiger partial charge on any atom is 0.434 e. The highest BCUT2D eigenvalue weighted by molar-refractivity contribution is 7.09. The lowest BCUT2D eigenvalue weighted by molar-refractivity contribution is -0.384. The molecule has 1 aromatic heterocycles. The summed E-state index contributed by atoms with van der Waals surface area (Å²) in [5, 5.41) is 11.7. The van der Waals surface area contributed by atoms with Crippen molar-refractivity contribution in [2.24, 2.45) is 0 Å². The highest BCUT2D eigenvalue weighted by Gasteiger charge is 2.33. The maximum absolute atomic E-state index is 12.4. The van der Waals surface area contributed by atoms with Crippen LogP contribution in [0.5, 0.6) is 0 Å². The molecule has 0 radical (unpaired) electrons. The van der Waals surface area contributed by atoms with Crippen LogP contribution in [-0.4, -0.2) is 9.91 Å². The van der Waals surface area contributed by atoms with E-state index in [1.54, 1.807) is 0 Å². The number of hydrogen-bond donors (Lipinski definition) is 0. The van der Waals surface area contributed by atoms with Crippen LogP contribution in [-0.2, 0) is 12.6 Å². The SMILES string of the molecule is O=[N+]([O-])c1ccc(Cc2nc(C(F)(F)F)cs2)cc1. The molecule has 1 aromatic carbocycles. The summed E-state index contributed by atoms with van der Waals surface area (Å²) in [6.45, 7) is 0. The van der Waals surface area contributed by atoms with E-state index < -0.39 is 16.8 Å². The summed E-state index contributed by atoms with van der Waals surface area (Å²) in [5.74, 6) is 0. The molecule has 0 saturated heterocycles. The number of rotatable bonds is 3. The molecule has 4 nitrogen and oxygen atoms in total. The van der Waals surface area contributed by atoms with Crippen LogP contribution in [0.25, 0.3) is 0 Å². The van der Waals surface area contributed by atoms with Crippen molar-refractivity contribution in [2.45, 2.75) is 12.6 Å². The number of thiazole rings is 1. The molecule has 19 heavy (non-hydrogen) atoms. The van der Waals surface area contributed by atoms with Gasteiger partial charge in [0.15, 0.2) is 5.69 Å². The van der Waals surface area contributed by atoms with Gasteiger partial charge in [0, 0.05) is 23.9 Å². The molecular weight excluding hydrogens is 281 g/mol. The zero-order chi connectivity index (χ0) is 14.0. The van der Waals surface area contributed by atoms with Crippen LogP contribution in [0.2, 0.25) is 0 Å². The van der Waals surface area contributed by atoms with Gasteiger partial charge >= 0.3 is 6.18 Å². The zero-order valence-electron chi connectivity index (χ0n) is 9.35. The van der Waals surface area contributed by atoms with E-state index in [0.29, 0.717) is 10.6 Å². The summed E-state index contributed by atoms with van der Waals surface area (Å²) in [5.41, 5.74) is -0.290. The molecule has 0 aliphatic rings. The van der Waals surface area contributed by atoms with E-state index in [1.807, 2.05) is 0 Å². The monoisotopic (exact) mass is 288 g/mol. The van der Waals surface area contributed by atoms with Gasteiger partial charge in [-0.25, -0.2) is 4.98 Å².